The number of amides is 2. The van der Waals surface area contributed by atoms with Crippen molar-refractivity contribution in [3.8, 4) is 0 Å². The highest BCUT2D eigenvalue weighted by Crippen LogP contribution is 2.13. The molecule has 1 aromatic carbocycles. The molecule has 0 fully saturated rings. The second-order valence-electron chi connectivity index (χ2n) is 4.95. The molecule has 2 amide bonds. The van der Waals surface area contributed by atoms with Crippen molar-refractivity contribution in [2.45, 2.75) is 31.3 Å². The maximum absolute atomic E-state index is 12.1. The topological polar surface area (TPSA) is 128 Å². The van der Waals surface area contributed by atoms with Gasteiger partial charge in [0.2, 0.25) is 10.0 Å². The average Bonchev–Trinajstić information content (AvgIpc) is 2.59. The van der Waals surface area contributed by atoms with Crippen molar-refractivity contribution in [1.82, 2.24) is 10.0 Å². The van der Waals surface area contributed by atoms with Gasteiger partial charge in [-0.05, 0) is 31.5 Å². The molecule has 1 atom stereocenters. The fraction of sp³-hybridized carbons (Fsp3) is 0.400. The number of alkyl carbamates (subject to hydrolysis) is 1. The fourth-order valence-electron chi connectivity index (χ4n) is 1.65. The maximum atomic E-state index is 12.1. The zero-order valence-corrected chi connectivity index (χ0v) is 14.9. The van der Waals surface area contributed by atoms with Gasteiger partial charge in [0.15, 0.2) is 6.10 Å². The monoisotopic (exact) mass is 372 g/mol. The van der Waals surface area contributed by atoms with Crippen molar-refractivity contribution in [1.29, 1.82) is 0 Å². The van der Waals surface area contributed by atoms with Gasteiger partial charge in [0.1, 0.15) is 0 Å². The van der Waals surface area contributed by atoms with Crippen LogP contribution in [0.25, 0.3) is 0 Å². The van der Waals surface area contributed by atoms with Gasteiger partial charge in [-0.25, -0.2) is 22.7 Å². The smallest absolute Gasteiger partial charge is 0.413 e. The van der Waals surface area contributed by atoms with Crippen molar-refractivity contribution in [2.75, 3.05) is 13.7 Å². The van der Waals surface area contributed by atoms with E-state index in [2.05, 4.69) is 9.46 Å². The van der Waals surface area contributed by atoms with Crippen molar-refractivity contribution in [3.63, 3.8) is 0 Å². The summed E-state index contributed by atoms with van der Waals surface area (Å²) in [4.78, 5) is 34.6. The number of hydrogen-bond acceptors (Lipinski definition) is 7. The molecule has 0 aliphatic carbocycles. The molecule has 10 heteroatoms. The minimum atomic E-state index is -3.74. The van der Waals surface area contributed by atoms with Crippen LogP contribution >= 0.6 is 0 Å². The number of imide groups is 1. The summed E-state index contributed by atoms with van der Waals surface area (Å²) in [7, 11) is -2.66. The van der Waals surface area contributed by atoms with Gasteiger partial charge < -0.3 is 9.47 Å². The summed E-state index contributed by atoms with van der Waals surface area (Å²) in [5.41, 5.74) is -0.0444. The van der Waals surface area contributed by atoms with Gasteiger partial charge in [-0.15, -0.1) is 0 Å². The minimum absolute atomic E-state index is 0.0444. The van der Waals surface area contributed by atoms with Crippen molar-refractivity contribution in [3.05, 3.63) is 29.8 Å². The lowest BCUT2D eigenvalue weighted by Gasteiger charge is -2.13. The Labute approximate surface area is 145 Å². The molecule has 0 heterocycles. The summed E-state index contributed by atoms with van der Waals surface area (Å²) in [5.74, 6) is -1.77. The molecule has 0 aliphatic heterocycles. The third kappa shape index (κ3) is 6.16. The van der Waals surface area contributed by atoms with E-state index in [0.29, 0.717) is 6.42 Å². The van der Waals surface area contributed by atoms with Crippen LogP contribution in [-0.4, -0.2) is 46.1 Å². The number of methoxy groups -OCH3 is 1. The molecule has 0 bridgehead atoms. The van der Waals surface area contributed by atoms with Gasteiger partial charge in [0.25, 0.3) is 5.91 Å². The predicted molar refractivity (Wildman–Crippen MR) is 87.3 cm³/mol. The Morgan fingerprint density at radius 1 is 1.24 bits per heavy atom. The summed E-state index contributed by atoms with van der Waals surface area (Å²) < 4.78 is 35.7. The summed E-state index contributed by atoms with van der Waals surface area (Å²) in [6, 6.07) is 5.22. The average molecular weight is 372 g/mol. The van der Waals surface area contributed by atoms with Crippen molar-refractivity contribution in [2.24, 2.45) is 0 Å². The van der Waals surface area contributed by atoms with Crippen LogP contribution in [0, 0.1) is 0 Å². The Morgan fingerprint density at radius 2 is 1.92 bits per heavy atom. The SMILES string of the molecule is CCCNS(=O)(=O)c1cccc(C(=O)O[C@@H](C)C(=O)NC(=O)OC)c1. The molecule has 1 rings (SSSR count). The first-order valence-corrected chi connectivity index (χ1v) is 8.89. The highest BCUT2D eigenvalue weighted by molar-refractivity contribution is 7.89. The number of ether oxygens (including phenoxy) is 2. The molecule has 0 aromatic heterocycles. The Bertz CT molecular complexity index is 746. The van der Waals surface area contributed by atoms with Crippen LogP contribution in [0.5, 0.6) is 0 Å². The lowest BCUT2D eigenvalue weighted by molar-refractivity contribution is -0.128. The third-order valence-corrected chi connectivity index (χ3v) is 4.44. The Balaban J connectivity index is 2.84. The van der Waals surface area contributed by atoms with E-state index in [4.69, 9.17) is 4.74 Å². The Morgan fingerprint density at radius 3 is 2.52 bits per heavy atom. The van der Waals surface area contributed by atoms with E-state index in [1.54, 1.807) is 0 Å². The number of esters is 1. The first kappa shape index (κ1) is 20.6. The number of rotatable bonds is 7. The minimum Gasteiger partial charge on any atom is -0.453 e. The molecular formula is C15H20N2O7S. The highest BCUT2D eigenvalue weighted by Gasteiger charge is 2.22. The van der Waals surface area contributed by atoms with Crippen molar-refractivity contribution >= 4 is 28.0 Å². The molecule has 0 unspecified atom stereocenters. The fourth-order valence-corrected chi connectivity index (χ4v) is 2.82. The molecule has 1 aromatic rings. The molecule has 2 N–H and O–H groups in total. The van der Waals surface area contributed by atoms with Crippen LogP contribution in [-0.2, 0) is 24.3 Å². The second-order valence-corrected chi connectivity index (χ2v) is 6.72. The standard InChI is InChI=1S/C15H20N2O7S/c1-4-8-16-25(21,22)12-7-5-6-11(9-12)14(19)24-10(2)13(18)17-15(20)23-3/h5-7,9-10,16H,4,8H2,1-3H3,(H,17,18,20)/t10-/m0/s1. The predicted octanol–water partition coefficient (Wildman–Crippen LogP) is 0.803. The summed E-state index contributed by atoms with van der Waals surface area (Å²) in [6.07, 6.45) is -1.64. The van der Waals surface area contributed by atoms with Crippen LogP contribution in [0.1, 0.15) is 30.6 Å². The molecule has 0 radical (unpaired) electrons. The largest absolute Gasteiger partial charge is 0.453 e. The van der Waals surface area contributed by atoms with Crippen LogP contribution < -0.4 is 10.0 Å². The molecule has 0 aliphatic rings. The molecule has 25 heavy (non-hydrogen) atoms. The number of benzene rings is 1. The molecule has 0 saturated heterocycles. The van der Waals surface area contributed by atoms with Gasteiger partial charge in [-0.3, -0.25) is 10.1 Å². The summed E-state index contributed by atoms with van der Waals surface area (Å²) >= 11 is 0. The zero-order chi connectivity index (χ0) is 19.0. The first-order valence-electron chi connectivity index (χ1n) is 7.40. The van der Waals surface area contributed by atoms with Gasteiger partial charge in [0, 0.05) is 6.54 Å². The Kier molecular flexibility index (Phi) is 7.52. The van der Waals surface area contributed by atoms with Crippen LogP contribution in [0.2, 0.25) is 0 Å². The Hall–Kier alpha value is -2.46. The molecular weight excluding hydrogens is 352 g/mol. The normalized spacial score (nSPS) is 12.1. The van der Waals surface area contributed by atoms with E-state index in [-0.39, 0.29) is 17.0 Å². The lowest BCUT2D eigenvalue weighted by atomic mass is 10.2. The highest BCUT2D eigenvalue weighted by atomic mass is 32.2. The van der Waals surface area contributed by atoms with Crippen LogP contribution in [0.3, 0.4) is 0 Å². The van der Waals surface area contributed by atoms with Gasteiger partial charge >= 0.3 is 12.1 Å². The molecule has 0 spiro atoms. The molecule has 0 saturated carbocycles. The maximum Gasteiger partial charge on any atom is 0.413 e. The van der Waals surface area contributed by atoms with Gasteiger partial charge in [-0.2, -0.15) is 0 Å². The van der Waals surface area contributed by atoms with E-state index in [1.807, 2.05) is 12.2 Å². The summed E-state index contributed by atoms with van der Waals surface area (Å²) in [5, 5.41) is 1.86. The zero-order valence-electron chi connectivity index (χ0n) is 14.1. The summed E-state index contributed by atoms with van der Waals surface area (Å²) in [6.45, 7) is 3.35. The number of sulfonamides is 1. The van der Waals surface area contributed by atoms with E-state index in [1.165, 1.54) is 25.1 Å². The second kappa shape index (κ2) is 9.14. The van der Waals surface area contributed by atoms with E-state index >= 15 is 0 Å². The number of carbonyl (C=O) groups excluding carboxylic acids is 3. The quantitative estimate of drug-likeness (QED) is 0.678. The first-order chi connectivity index (χ1) is 11.7. The van der Waals surface area contributed by atoms with Gasteiger partial charge in [0.05, 0.1) is 17.6 Å². The van der Waals surface area contributed by atoms with Crippen LogP contribution in [0.15, 0.2) is 29.2 Å². The lowest BCUT2D eigenvalue weighted by Crippen LogP contribution is -2.39. The van der Waals surface area contributed by atoms with E-state index < -0.39 is 34.1 Å². The van der Waals surface area contributed by atoms with Crippen molar-refractivity contribution < 1.29 is 32.3 Å². The van der Waals surface area contributed by atoms with Gasteiger partial charge in [-0.1, -0.05) is 13.0 Å². The molecule has 138 valence electrons. The third-order valence-electron chi connectivity index (χ3n) is 2.99. The number of hydrogen-bond donors (Lipinski definition) is 2. The number of nitrogens with one attached hydrogen (secondary N) is 2. The number of carbonyl (C=O) groups is 3. The van der Waals surface area contributed by atoms with E-state index in [0.717, 1.165) is 13.2 Å². The van der Waals surface area contributed by atoms with Crippen LogP contribution in [0.4, 0.5) is 4.79 Å². The molecule has 9 nitrogen and oxygen atoms in total. The van der Waals surface area contributed by atoms with E-state index in [9.17, 15) is 22.8 Å².